The number of rotatable bonds is 5. The minimum atomic E-state index is -0.265. The van der Waals surface area contributed by atoms with Crippen molar-refractivity contribution >= 4 is 39.5 Å². The molecule has 0 heterocycles. The van der Waals surface area contributed by atoms with Crippen molar-refractivity contribution in [1.82, 2.24) is 5.43 Å². The number of nitrogens with two attached hydrogens (primary N) is 1. The summed E-state index contributed by atoms with van der Waals surface area (Å²) in [5.41, 5.74) is 9.49. The lowest BCUT2D eigenvalue weighted by molar-refractivity contribution is 0.304. The molecule has 0 spiro atoms. The number of hydrogen-bond acceptors (Lipinski definition) is 3. The Labute approximate surface area is 141 Å². The fourth-order valence-electron chi connectivity index (χ4n) is 1.63. The quantitative estimate of drug-likeness (QED) is 0.473. The van der Waals surface area contributed by atoms with Crippen molar-refractivity contribution in [1.29, 1.82) is 0 Å². The lowest BCUT2D eigenvalue weighted by Crippen LogP contribution is -2.23. The molecule has 0 atom stereocenters. The first kappa shape index (κ1) is 16.4. The lowest BCUT2D eigenvalue weighted by atomic mass is 10.2. The van der Waals surface area contributed by atoms with Crippen molar-refractivity contribution in [3.8, 4) is 5.75 Å². The third kappa shape index (κ3) is 5.09. The van der Waals surface area contributed by atoms with E-state index in [9.17, 15) is 4.39 Å². The van der Waals surface area contributed by atoms with Crippen LogP contribution < -0.4 is 15.9 Å². The van der Waals surface area contributed by atoms with Crippen LogP contribution >= 0.6 is 28.1 Å². The topological polar surface area (TPSA) is 59.6 Å². The number of hydrogen-bond donors (Lipinski definition) is 2. The number of ether oxygens (including phenoxy) is 1. The molecule has 0 aliphatic heterocycles. The van der Waals surface area contributed by atoms with Gasteiger partial charge in [0.2, 0.25) is 0 Å². The summed E-state index contributed by atoms with van der Waals surface area (Å²) in [4.78, 5) is 0. The maximum atomic E-state index is 12.8. The third-order valence-electron chi connectivity index (χ3n) is 2.65. The molecule has 0 radical (unpaired) electrons. The zero-order valence-electron chi connectivity index (χ0n) is 11.4. The Balaban J connectivity index is 1.98. The summed E-state index contributed by atoms with van der Waals surface area (Å²) >= 11 is 8.08. The summed E-state index contributed by atoms with van der Waals surface area (Å²) in [7, 11) is 0. The molecule has 4 nitrogen and oxygen atoms in total. The Bertz CT molecular complexity index is 692. The molecule has 0 amide bonds. The van der Waals surface area contributed by atoms with Crippen molar-refractivity contribution in [2.75, 3.05) is 0 Å². The van der Waals surface area contributed by atoms with Gasteiger partial charge in [-0.05, 0) is 69.6 Å². The van der Waals surface area contributed by atoms with E-state index in [0.29, 0.717) is 12.4 Å². The first-order valence-corrected chi connectivity index (χ1v) is 7.50. The van der Waals surface area contributed by atoms with Crippen LogP contribution in [0.2, 0.25) is 0 Å². The summed E-state index contributed by atoms with van der Waals surface area (Å²) in [6.45, 7) is 0.356. The van der Waals surface area contributed by atoms with Crippen LogP contribution in [0.3, 0.4) is 0 Å². The zero-order valence-corrected chi connectivity index (χ0v) is 13.8. The van der Waals surface area contributed by atoms with E-state index in [-0.39, 0.29) is 10.9 Å². The second-order valence-corrected chi connectivity index (χ2v) is 5.63. The van der Waals surface area contributed by atoms with Gasteiger partial charge >= 0.3 is 0 Å². The molecule has 0 aliphatic rings. The maximum absolute atomic E-state index is 12.8. The van der Waals surface area contributed by atoms with Crippen molar-refractivity contribution in [3.63, 3.8) is 0 Å². The van der Waals surface area contributed by atoms with E-state index in [0.717, 1.165) is 15.6 Å². The van der Waals surface area contributed by atoms with Crippen molar-refractivity contribution in [3.05, 3.63) is 63.9 Å². The fraction of sp³-hybridized carbons (Fsp3) is 0.0667. The number of hydrazone groups is 1. The van der Waals surface area contributed by atoms with E-state index in [2.05, 4.69) is 38.7 Å². The Hall–Kier alpha value is -1.99. The fourth-order valence-corrected chi connectivity index (χ4v) is 2.19. The average molecular weight is 382 g/mol. The van der Waals surface area contributed by atoms with Crippen LogP contribution in [-0.4, -0.2) is 11.3 Å². The highest BCUT2D eigenvalue weighted by molar-refractivity contribution is 9.10. The van der Waals surface area contributed by atoms with Crippen LogP contribution in [-0.2, 0) is 6.61 Å². The standard InChI is InChI=1S/C15H13BrFN3OS/c16-13-7-11(8-19-20-15(18)22)3-6-14(13)21-9-10-1-4-12(17)5-2-10/h1-8H,9H2,(H3,18,20,22)/b19-8-. The summed E-state index contributed by atoms with van der Waals surface area (Å²) in [5.74, 6) is 0.419. The zero-order chi connectivity index (χ0) is 15.9. The van der Waals surface area contributed by atoms with E-state index >= 15 is 0 Å². The van der Waals surface area contributed by atoms with Gasteiger partial charge in [0.1, 0.15) is 18.2 Å². The molecule has 0 bridgehead atoms. The van der Waals surface area contributed by atoms with E-state index < -0.39 is 0 Å². The van der Waals surface area contributed by atoms with Gasteiger partial charge in [0.05, 0.1) is 10.7 Å². The Morgan fingerprint density at radius 3 is 2.68 bits per heavy atom. The first-order valence-electron chi connectivity index (χ1n) is 6.30. The smallest absolute Gasteiger partial charge is 0.184 e. The molecule has 3 N–H and O–H groups in total. The molecule has 0 unspecified atom stereocenters. The van der Waals surface area contributed by atoms with Crippen LogP contribution in [0.15, 0.2) is 52.0 Å². The van der Waals surface area contributed by atoms with Crippen LogP contribution in [0.5, 0.6) is 5.75 Å². The van der Waals surface area contributed by atoms with Gasteiger partial charge in [0, 0.05) is 0 Å². The molecule has 2 aromatic carbocycles. The Kier molecular flexibility index (Phi) is 5.85. The second kappa shape index (κ2) is 7.86. The van der Waals surface area contributed by atoms with E-state index in [1.54, 1.807) is 18.3 Å². The monoisotopic (exact) mass is 381 g/mol. The van der Waals surface area contributed by atoms with Gasteiger partial charge in [-0.15, -0.1) is 0 Å². The maximum Gasteiger partial charge on any atom is 0.184 e. The van der Waals surface area contributed by atoms with Crippen LogP contribution in [0.4, 0.5) is 4.39 Å². The van der Waals surface area contributed by atoms with E-state index in [1.807, 2.05) is 18.2 Å². The molecule has 114 valence electrons. The summed E-state index contributed by atoms with van der Waals surface area (Å²) < 4.78 is 19.3. The van der Waals surface area contributed by atoms with Crippen molar-refractivity contribution < 1.29 is 9.13 Å². The van der Waals surface area contributed by atoms with Gasteiger partial charge in [-0.1, -0.05) is 12.1 Å². The molecule has 0 aliphatic carbocycles. The molecule has 0 saturated heterocycles. The largest absolute Gasteiger partial charge is 0.488 e. The predicted molar refractivity (Wildman–Crippen MR) is 92.4 cm³/mol. The first-order chi connectivity index (χ1) is 10.5. The second-order valence-electron chi connectivity index (χ2n) is 4.34. The van der Waals surface area contributed by atoms with Gasteiger partial charge in [0.25, 0.3) is 0 Å². The highest BCUT2D eigenvalue weighted by Gasteiger charge is 2.03. The highest BCUT2D eigenvalue weighted by atomic mass is 79.9. The number of halogens is 2. The number of nitrogens with zero attached hydrogens (tertiary/aromatic N) is 1. The Morgan fingerprint density at radius 1 is 1.32 bits per heavy atom. The van der Waals surface area contributed by atoms with Gasteiger partial charge in [0.15, 0.2) is 5.11 Å². The molecule has 0 saturated carbocycles. The number of benzene rings is 2. The summed E-state index contributed by atoms with van der Waals surface area (Å²) in [5, 5.41) is 3.98. The summed E-state index contributed by atoms with van der Waals surface area (Å²) in [6.07, 6.45) is 1.59. The molecule has 22 heavy (non-hydrogen) atoms. The molecular weight excluding hydrogens is 369 g/mol. The van der Waals surface area contributed by atoms with Gasteiger partial charge in [-0.25, -0.2) is 4.39 Å². The van der Waals surface area contributed by atoms with Gasteiger partial charge < -0.3 is 10.5 Å². The summed E-state index contributed by atoms with van der Waals surface area (Å²) in [6, 6.07) is 11.7. The van der Waals surface area contributed by atoms with E-state index in [1.165, 1.54) is 12.1 Å². The van der Waals surface area contributed by atoms with Crippen LogP contribution in [0.1, 0.15) is 11.1 Å². The van der Waals surface area contributed by atoms with E-state index in [4.69, 9.17) is 10.5 Å². The van der Waals surface area contributed by atoms with Crippen molar-refractivity contribution in [2.24, 2.45) is 10.8 Å². The minimum absolute atomic E-state index is 0.106. The molecule has 7 heteroatoms. The molecule has 0 fully saturated rings. The highest BCUT2D eigenvalue weighted by Crippen LogP contribution is 2.26. The molecule has 2 aromatic rings. The van der Waals surface area contributed by atoms with Gasteiger partial charge in [-0.2, -0.15) is 5.10 Å². The van der Waals surface area contributed by atoms with Crippen LogP contribution in [0, 0.1) is 5.82 Å². The molecule has 0 aromatic heterocycles. The molecule has 2 rings (SSSR count). The third-order valence-corrected chi connectivity index (χ3v) is 3.36. The predicted octanol–water partition coefficient (Wildman–Crippen LogP) is 3.33. The normalized spacial score (nSPS) is 10.6. The van der Waals surface area contributed by atoms with Gasteiger partial charge in [-0.3, -0.25) is 5.43 Å². The number of nitrogens with one attached hydrogen (secondary N) is 1. The SMILES string of the molecule is NC(=S)N/N=C\c1ccc(OCc2ccc(F)cc2)c(Br)c1. The van der Waals surface area contributed by atoms with Crippen LogP contribution in [0.25, 0.3) is 0 Å². The average Bonchev–Trinajstić information content (AvgIpc) is 2.48. The number of thiocarbonyl (C=S) groups is 1. The Morgan fingerprint density at radius 2 is 2.05 bits per heavy atom. The minimum Gasteiger partial charge on any atom is -0.488 e. The lowest BCUT2D eigenvalue weighted by Gasteiger charge is -2.09. The molecular formula is C15H13BrFN3OS. The van der Waals surface area contributed by atoms with Crippen molar-refractivity contribution in [2.45, 2.75) is 6.61 Å².